The van der Waals surface area contributed by atoms with E-state index in [-0.39, 0.29) is 0 Å². The Morgan fingerprint density at radius 1 is 1.07 bits per heavy atom. The average Bonchev–Trinajstić information content (AvgIpc) is 2.03. The third kappa shape index (κ3) is 5.85. The van der Waals surface area contributed by atoms with Crippen LogP contribution < -0.4 is 0 Å². The maximum absolute atomic E-state index is 4.67. The second-order valence-electron chi connectivity index (χ2n) is 4.51. The summed E-state index contributed by atoms with van der Waals surface area (Å²) >= 11 is 9.35. The Kier molecular flexibility index (Phi) is 7.14. The molecule has 0 aliphatic heterocycles. The zero-order valence-electron chi connectivity index (χ0n) is 10.1. The first-order chi connectivity index (χ1) is 6.30. The summed E-state index contributed by atoms with van der Waals surface area (Å²) in [4.78, 5) is 2.52. The van der Waals surface area contributed by atoms with Crippen LogP contribution in [0.25, 0.3) is 0 Å². The molecule has 14 heavy (non-hydrogen) atoms. The summed E-state index contributed by atoms with van der Waals surface area (Å²) < 4.78 is 0. The van der Waals surface area contributed by atoms with Gasteiger partial charge in [0.05, 0.1) is 0 Å². The van der Waals surface area contributed by atoms with Crippen molar-refractivity contribution in [3.05, 3.63) is 0 Å². The van der Waals surface area contributed by atoms with Crippen molar-refractivity contribution in [1.82, 2.24) is 4.90 Å². The van der Waals surface area contributed by atoms with Gasteiger partial charge in [0.1, 0.15) is 0 Å². The van der Waals surface area contributed by atoms with Crippen LogP contribution in [0.15, 0.2) is 0 Å². The number of hydrogen-bond donors (Lipinski definition) is 2. The molecule has 0 atom stereocenters. The first-order valence-corrected chi connectivity index (χ1v) is 10.5. The molecule has 0 unspecified atom stereocenters. The Hall–Kier alpha value is 1.09. The van der Waals surface area contributed by atoms with Crippen LogP contribution in [-0.4, -0.2) is 35.9 Å². The van der Waals surface area contributed by atoms with Gasteiger partial charge in [-0.15, -0.1) is 0 Å². The van der Waals surface area contributed by atoms with Crippen LogP contribution in [0.3, 0.4) is 0 Å². The molecule has 0 fully saturated rings. The van der Waals surface area contributed by atoms with Gasteiger partial charge in [-0.05, 0) is 0 Å². The fraction of sp³-hybridized carbons (Fsp3) is 1.00. The summed E-state index contributed by atoms with van der Waals surface area (Å²) in [6.45, 7) is 12.4. The van der Waals surface area contributed by atoms with Gasteiger partial charge in [0, 0.05) is 0 Å². The monoisotopic (exact) mass is 255 g/mol. The molecule has 4 heteroatoms. The molecule has 0 saturated carbocycles. The van der Waals surface area contributed by atoms with Gasteiger partial charge in [-0.3, -0.25) is 0 Å². The zero-order valence-corrected chi connectivity index (χ0v) is 12.9. The van der Waals surface area contributed by atoms with E-state index >= 15 is 0 Å². The summed E-state index contributed by atoms with van der Waals surface area (Å²) in [7, 11) is 0. The van der Waals surface area contributed by atoms with Crippen LogP contribution >= 0.6 is 30.2 Å². The van der Waals surface area contributed by atoms with E-state index in [1.54, 1.807) is 0 Å². The third-order valence-electron chi connectivity index (χ3n) is 2.66. The van der Waals surface area contributed by atoms with Crippen molar-refractivity contribution in [3.8, 4) is 0 Å². The summed E-state index contributed by atoms with van der Waals surface area (Å²) in [5, 5.41) is 0. The van der Waals surface area contributed by atoms with Crippen molar-refractivity contribution in [1.29, 1.82) is 0 Å². The van der Waals surface area contributed by atoms with Gasteiger partial charge in [-0.1, -0.05) is 0 Å². The molecule has 0 aromatic carbocycles. The number of hydrogen-bond acceptors (Lipinski definition) is 3. The van der Waals surface area contributed by atoms with Crippen LogP contribution in [0.5, 0.6) is 0 Å². The van der Waals surface area contributed by atoms with Crippen LogP contribution in [0, 0.1) is 0 Å². The molecule has 88 valence electrons. The van der Waals surface area contributed by atoms with Gasteiger partial charge in [0.15, 0.2) is 0 Å². The van der Waals surface area contributed by atoms with Crippen molar-refractivity contribution in [2.24, 2.45) is 0 Å². The van der Waals surface area contributed by atoms with E-state index in [1.165, 1.54) is 6.16 Å². The van der Waals surface area contributed by atoms with Crippen molar-refractivity contribution in [2.75, 3.05) is 18.9 Å². The SMILES string of the molecule is CC[PH](S)(S)CCN(C(C)C)C(C)C. The molecular formula is C10H26NPS2. The second kappa shape index (κ2) is 6.62. The zero-order chi connectivity index (χ0) is 11.4. The Morgan fingerprint density at radius 3 is 1.79 bits per heavy atom. The average molecular weight is 255 g/mol. The van der Waals surface area contributed by atoms with Gasteiger partial charge in [0.2, 0.25) is 0 Å². The molecule has 0 aromatic rings. The molecule has 0 saturated heterocycles. The summed E-state index contributed by atoms with van der Waals surface area (Å²) in [6.07, 6.45) is 2.31. The minimum absolute atomic E-state index is 0.623. The van der Waals surface area contributed by atoms with Crippen molar-refractivity contribution >= 4 is 30.2 Å². The normalized spacial score (nSPS) is 14.4. The van der Waals surface area contributed by atoms with Crippen LogP contribution in [0.2, 0.25) is 0 Å². The van der Waals surface area contributed by atoms with Gasteiger partial charge in [-0.2, -0.15) is 0 Å². The molecule has 0 spiro atoms. The summed E-state index contributed by atoms with van der Waals surface area (Å²) in [5.41, 5.74) is -1.48. The first kappa shape index (κ1) is 15.1. The van der Waals surface area contributed by atoms with Gasteiger partial charge >= 0.3 is 101 Å². The summed E-state index contributed by atoms with van der Waals surface area (Å²) in [6, 6.07) is 1.25. The molecule has 0 aliphatic rings. The number of rotatable bonds is 6. The molecule has 0 rings (SSSR count). The molecular weight excluding hydrogens is 229 g/mol. The van der Waals surface area contributed by atoms with Crippen LogP contribution in [-0.2, 0) is 0 Å². The number of thiol groups is 2. The van der Waals surface area contributed by atoms with Gasteiger partial charge in [-0.25, -0.2) is 0 Å². The molecule has 0 amide bonds. The fourth-order valence-corrected chi connectivity index (χ4v) is 3.17. The predicted molar refractivity (Wildman–Crippen MR) is 78.7 cm³/mol. The first-order valence-electron chi connectivity index (χ1n) is 5.50. The maximum atomic E-state index is 4.67. The molecule has 1 nitrogen and oxygen atoms in total. The Bertz CT molecular complexity index is 152. The predicted octanol–water partition coefficient (Wildman–Crippen LogP) is 3.56. The topological polar surface area (TPSA) is 3.24 Å². The number of nitrogens with zero attached hydrogens (tertiary/aromatic N) is 1. The van der Waals surface area contributed by atoms with Crippen molar-refractivity contribution in [3.63, 3.8) is 0 Å². The molecule has 0 radical (unpaired) electrons. The summed E-state index contributed by atoms with van der Waals surface area (Å²) in [5.74, 6) is 0. The van der Waals surface area contributed by atoms with Crippen LogP contribution in [0.4, 0.5) is 0 Å². The van der Waals surface area contributed by atoms with E-state index in [0.29, 0.717) is 12.1 Å². The Morgan fingerprint density at radius 2 is 1.50 bits per heavy atom. The molecule has 0 aliphatic carbocycles. The van der Waals surface area contributed by atoms with Crippen molar-refractivity contribution in [2.45, 2.75) is 46.7 Å². The van der Waals surface area contributed by atoms with E-state index in [4.69, 9.17) is 0 Å². The Labute approximate surface area is 101 Å². The van der Waals surface area contributed by atoms with E-state index in [9.17, 15) is 0 Å². The Balaban J connectivity index is 4.07. The fourth-order valence-electron chi connectivity index (χ4n) is 1.60. The van der Waals surface area contributed by atoms with Crippen LogP contribution in [0.1, 0.15) is 34.6 Å². The molecule has 0 N–H and O–H groups in total. The minimum atomic E-state index is -1.48. The molecule has 0 aromatic heterocycles. The molecule has 0 heterocycles. The second-order valence-corrected chi connectivity index (χ2v) is 13.9. The van der Waals surface area contributed by atoms with Gasteiger partial charge in [0.25, 0.3) is 0 Å². The van der Waals surface area contributed by atoms with Gasteiger partial charge < -0.3 is 0 Å². The third-order valence-corrected chi connectivity index (χ3v) is 8.06. The van der Waals surface area contributed by atoms with E-state index in [0.717, 1.165) is 12.7 Å². The van der Waals surface area contributed by atoms with E-state index in [1.807, 2.05) is 0 Å². The van der Waals surface area contributed by atoms with E-state index in [2.05, 4.69) is 64.0 Å². The standard InChI is InChI=1S/C10H26NPS2/c1-6-12(13,14)8-7-11(9(2)3)10(4)5/h9-10,12-14H,6-8H2,1-5H3. The quantitative estimate of drug-likeness (QED) is 0.542. The van der Waals surface area contributed by atoms with Crippen molar-refractivity contribution < 1.29 is 0 Å². The molecule has 0 bridgehead atoms. The van der Waals surface area contributed by atoms with E-state index < -0.39 is 5.67 Å².